The number of halogens is 1. The number of anilines is 1. The fraction of sp³-hybridized carbons (Fsp3) is 0.167. The Morgan fingerprint density at radius 2 is 1.63 bits per heavy atom. The molecule has 0 aliphatic rings. The Morgan fingerprint density at radius 1 is 1.00 bits per heavy atom. The molecule has 0 saturated carbocycles. The van der Waals surface area contributed by atoms with Crippen LogP contribution in [0, 0.1) is 0 Å². The van der Waals surface area contributed by atoms with Crippen molar-refractivity contribution in [2.24, 2.45) is 0 Å². The van der Waals surface area contributed by atoms with Crippen LogP contribution in [0.25, 0.3) is 10.6 Å². The number of nitrogens with zero attached hydrogens (tertiary/aromatic N) is 2. The maximum atomic E-state index is 12.6. The van der Waals surface area contributed by atoms with Gasteiger partial charge in [-0.15, -0.1) is 10.2 Å². The Kier molecular flexibility index (Phi) is 5.78. The molecule has 9 heteroatoms. The topological polar surface area (TPSA) is 82.6 Å². The van der Waals surface area contributed by atoms with Crippen LogP contribution < -0.4 is 19.5 Å². The van der Waals surface area contributed by atoms with Gasteiger partial charge in [-0.25, -0.2) is 0 Å². The van der Waals surface area contributed by atoms with Gasteiger partial charge in [-0.1, -0.05) is 35.1 Å². The van der Waals surface area contributed by atoms with Crippen LogP contribution in [-0.4, -0.2) is 37.4 Å². The van der Waals surface area contributed by atoms with Crippen molar-refractivity contribution in [2.45, 2.75) is 0 Å². The fourth-order valence-electron chi connectivity index (χ4n) is 2.36. The summed E-state index contributed by atoms with van der Waals surface area (Å²) in [7, 11) is 4.48. The number of carbonyl (C=O) groups is 1. The van der Waals surface area contributed by atoms with Crippen molar-refractivity contribution < 1.29 is 19.0 Å². The van der Waals surface area contributed by atoms with E-state index in [0.717, 1.165) is 5.56 Å². The molecule has 0 aliphatic carbocycles. The maximum absolute atomic E-state index is 12.6. The van der Waals surface area contributed by atoms with Crippen LogP contribution in [-0.2, 0) is 0 Å². The second kappa shape index (κ2) is 8.24. The summed E-state index contributed by atoms with van der Waals surface area (Å²) >= 11 is 7.15. The molecule has 0 bridgehead atoms. The van der Waals surface area contributed by atoms with Crippen LogP contribution in [0.1, 0.15) is 10.4 Å². The van der Waals surface area contributed by atoms with Crippen LogP contribution in [0.5, 0.6) is 17.2 Å². The number of carbonyl (C=O) groups excluding carboxylic acids is 1. The summed E-state index contributed by atoms with van der Waals surface area (Å²) < 4.78 is 15.8. The maximum Gasteiger partial charge on any atom is 0.257 e. The van der Waals surface area contributed by atoms with Crippen molar-refractivity contribution in [3.05, 3.63) is 47.0 Å². The third kappa shape index (κ3) is 4.12. The Balaban J connectivity index is 1.82. The predicted octanol–water partition coefficient (Wildman–Crippen LogP) is 4.14. The first kappa shape index (κ1) is 18.9. The number of benzene rings is 2. The molecule has 1 heterocycles. The first-order valence-electron chi connectivity index (χ1n) is 7.76. The van der Waals surface area contributed by atoms with Gasteiger partial charge in [0.1, 0.15) is 5.01 Å². The Hall–Kier alpha value is -2.84. The summed E-state index contributed by atoms with van der Waals surface area (Å²) in [6.07, 6.45) is 0. The van der Waals surface area contributed by atoms with Gasteiger partial charge in [-0.05, 0) is 24.3 Å². The molecule has 7 nitrogen and oxygen atoms in total. The molecular formula is C18H16ClN3O4S. The Bertz CT molecular complexity index is 934. The second-order valence-electron chi connectivity index (χ2n) is 5.29. The zero-order valence-electron chi connectivity index (χ0n) is 14.8. The molecule has 0 fully saturated rings. The van der Waals surface area contributed by atoms with Gasteiger partial charge >= 0.3 is 0 Å². The second-order valence-corrected chi connectivity index (χ2v) is 6.70. The minimum absolute atomic E-state index is 0.341. The van der Waals surface area contributed by atoms with Crippen LogP contribution in [0.15, 0.2) is 36.4 Å². The molecule has 3 rings (SSSR count). The zero-order valence-corrected chi connectivity index (χ0v) is 16.4. The van der Waals surface area contributed by atoms with Gasteiger partial charge in [0.25, 0.3) is 5.91 Å². The van der Waals surface area contributed by atoms with E-state index >= 15 is 0 Å². The minimum atomic E-state index is -0.368. The normalized spacial score (nSPS) is 10.4. The van der Waals surface area contributed by atoms with E-state index in [2.05, 4.69) is 15.5 Å². The number of amides is 1. The molecule has 3 aromatic rings. The zero-order chi connectivity index (χ0) is 19.4. The van der Waals surface area contributed by atoms with E-state index in [1.54, 1.807) is 24.3 Å². The highest BCUT2D eigenvalue weighted by molar-refractivity contribution is 7.18. The van der Waals surface area contributed by atoms with Crippen LogP contribution in [0.3, 0.4) is 0 Å². The molecule has 0 unspecified atom stereocenters. The summed E-state index contributed by atoms with van der Waals surface area (Å²) in [5.41, 5.74) is 1.21. The molecule has 1 N–H and O–H groups in total. The van der Waals surface area contributed by atoms with E-state index in [-0.39, 0.29) is 5.91 Å². The summed E-state index contributed by atoms with van der Waals surface area (Å²) in [6.45, 7) is 0. The van der Waals surface area contributed by atoms with E-state index in [1.807, 2.05) is 12.1 Å². The van der Waals surface area contributed by atoms with Gasteiger partial charge in [0.2, 0.25) is 10.9 Å². The van der Waals surface area contributed by atoms with Gasteiger partial charge in [-0.2, -0.15) is 0 Å². The molecule has 0 saturated heterocycles. The number of nitrogens with one attached hydrogen (secondary N) is 1. The van der Waals surface area contributed by atoms with Gasteiger partial charge in [-0.3, -0.25) is 10.1 Å². The highest BCUT2D eigenvalue weighted by Crippen LogP contribution is 2.38. The summed E-state index contributed by atoms with van der Waals surface area (Å²) in [5.74, 6) is 0.827. The Labute approximate surface area is 164 Å². The lowest BCUT2D eigenvalue weighted by molar-refractivity contribution is 0.102. The van der Waals surface area contributed by atoms with Crippen molar-refractivity contribution in [1.29, 1.82) is 0 Å². The quantitative estimate of drug-likeness (QED) is 0.663. The number of hydrogen-bond acceptors (Lipinski definition) is 7. The molecule has 0 aliphatic heterocycles. The van der Waals surface area contributed by atoms with E-state index in [0.29, 0.717) is 38.0 Å². The molecule has 0 radical (unpaired) electrons. The minimum Gasteiger partial charge on any atom is -0.493 e. The highest BCUT2D eigenvalue weighted by Gasteiger charge is 2.18. The van der Waals surface area contributed by atoms with Crippen molar-refractivity contribution in [3.8, 4) is 27.8 Å². The van der Waals surface area contributed by atoms with Crippen molar-refractivity contribution >= 4 is 34.0 Å². The van der Waals surface area contributed by atoms with Gasteiger partial charge in [0, 0.05) is 16.1 Å². The Morgan fingerprint density at radius 3 is 2.19 bits per heavy atom. The molecule has 27 heavy (non-hydrogen) atoms. The number of hydrogen-bond donors (Lipinski definition) is 1. The standard InChI is InChI=1S/C18H16ClN3O4S/c1-24-13-8-11(9-14(25-2)15(13)26-3)16(23)20-18-22-21-17(27-18)10-4-6-12(19)7-5-10/h4-9H,1-3H3,(H,20,22,23). The number of ether oxygens (including phenoxy) is 3. The lowest BCUT2D eigenvalue weighted by Crippen LogP contribution is -2.12. The van der Waals surface area contributed by atoms with Crippen LogP contribution >= 0.6 is 22.9 Å². The van der Waals surface area contributed by atoms with Crippen LogP contribution in [0.4, 0.5) is 5.13 Å². The first-order chi connectivity index (χ1) is 13.0. The molecule has 2 aromatic carbocycles. The summed E-state index contributed by atoms with van der Waals surface area (Å²) in [6, 6.07) is 10.4. The average molecular weight is 406 g/mol. The van der Waals surface area contributed by atoms with Crippen molar-refractivity contribution in [1.82, 2.24) is 10.2 Å². The molecular weight excluding hydrogens is 390 g/mol. The molecule has 140 valence electrons. The lowest BCUT2D eigenvalue weighted by Gasteiger charge is -2.13. The van der Waals surface area contributed by atoms with E-state index in [4.69, 9.17) is 25.8 Å². The fourth-order valence-corrected chi connectivity index (χ4v) is 3.23. The largest absolute Gasteiger partial charge is 0.493 e. The van der Waals surface area contributed by atoms with E-state index in [1.165, 1.54) is 32.7 Å². The third-order valence-electron chi connectivity index (χ3n) is 3.66. The molecule has 1 aromatic heterocycles. The van der Waals surface area contributed by atoms with Gasteiger partial charge in [0.15, 0.2) is 11.5 Å². The summed E-state index contributed by atoms with van der Waals surface area (Å²) in [4.78, 5) is 12.6. The SMILES string of the molecule is COc1cc(C(=O)Nc2nnc(-c3ccc(Cl)cc3)s2)cc(OC)c1OC. The molecule has 0 atom stereocenters. The van der Waals surface area contributed by atoms with Crippen molar-refractivity contribution in [3.63, 3.8) is 0 Å². The highest BCUT2D eigenvalue weighted by atomic mass is 35.5. The molecule has 1 amide bonds. The monoisotopic (exact) mass is 405 g/mol. The van der Waals surface area contributed by atoms with Crippen molar-refractivity contribution in [2.75, 3.05) is 26.6 Å². The lowest BCUT2D eigenvalue weighted by atomic mass is 10.1. The van der Waals surface area contributed by atoms with Gasteiger partial charge < -0.3 is 14.2 Å². The average Bonchev–Trinajstić information content (AvgIpc) is 3.15. The van der Waals surface area contributed by atoms with Crippen LogP contribution in [0.2, 0.25) is 5.02 Å². The van der Waals surface area contributed by atoms with Gasteiger partial charge in [0.05, 0.1) is 21.3 Å². The first-order valence-corrected chi connectivity index (χ1v) is 8.96. The number of aromatic nitrogens is 2. The molecule has 0 spiro atoms. The number of rotatable bonds is 6. The smallest absolute Gasteiger partial charge is 0.257 e. The van der Waals surface area contributed by atoms with E-state index in [9.17, 15) is 4.79 Å². The van der Waals surface area contributed by atoms with E-state index < -0.39 is 0 Å². The number of methoxy groups -OCH3 is 3. The predicted molar refractivity (Wildman–Crippen MR) is 104 cm³/mol. The third-order valence-corrected chi connectivity index (χ3v) is 4.80. The summed E-state index contributed by atoms with van der Waals surface area (Å²) in [5, 5.41) is 12.5.